The highest BCUT2D eigenvalue weighted by atomic mass is 32.2. The van der Waals surface area contributed by atoms with E-state index in [0.29, 0.717) is 33.7 Å². The maximum atomic E-state index is 12.6. The normalized spacial score (nSPS) is 12.2. The van der Waals surface area contributed by atoms with Crippen LogP contribution < -0.4 is 0 Å². The first-order valence-electron chi connectivity index (χ1n) is 5.91. The SMILES string of the molecule is Cc1nc(CSc2nc3ccc(C(F)(F)F)cc3[nH]2)no1. The minimum Gasteiger partial charge on any atom is -0.340 e. The van der Waals surface area contributed by atoms with E-state index >= 15 is 0 Å². The fourth-order valence-electron chi connectivity index (χ4n) is 1.76. The summed E-state index contributed by atoms with van der Waals surface area (Å²) in [7, 11) is 0. The molecular formula is C12H9F3N4OS. The van der Waals surface area contributed by atoms with Gasteiger partial charge in [-0.05, 0) is 18.2 Å². The molecule has 9 heteroatoms. The van der Waals surface area contributed by atoms with Gasteiger partial charge in [0.1, 0.15) is 0 Å². The van der Waals surface area contributed by atoms with Crippen LogP contribution in [0, 0.1) is 6.92 Å². The van der Waals surface area contributed by atoms with Gasteiger partial charge in [-0.3, -0.25) is 0 Å². The molecule has 0 unspecified atom stereocenters. The Labute approximate surface area is 120 Å². The number of benzene rings is 1. The molecule has 3 rings (SSSR count). The van der Waals surface area contributed by atoms with Crippen molar-refractivity contribution >= 4 is 22.8 Å². The fraction of sp³-hybridized carbons (Fsp3) is 0.250. The molecule has 0 aliphatic carbocycles. The summed E-state index contributed by atoms with van der Waals surface area (Å²) in [4.78, 5) is 11.1. The molecule has 0 bridgehead atoms. The van der Waals surface area contributed by atoms with E-state index in [2.05, 4.69) is 20.1 Å². The topological polar surface area (TPSA) is 67.6 Å². The first-order valence-corrected chi connectivity index (χ1v) is 6.89. The fourth-order valence-corrected chi connectivity index (χ4v) is 2.49. The summed E-state index contributed by atoms with van der Waals surface area (Å²) in [6, 6.07) is 3.41. The zero-order valence-corrected chi connectivity index (χ0v) is 11.5. The number of nitrogens with zero attached hydrogens (tertiary/aromatic N) is 3. The number of fused-ring (bicyclic) bond motifs is 1. The minimum atomic E-state index is -4.37. The third-order valence-corrected chi connectivity index (χ3v) is 3.56. The Morgan fingerprint density at radius 3 is 2.76 bits per heavy atom. The largest absolute Gasteiger partial charge is 0.416 e. The summed E-state index contributed by atoms with van der Waals surface area (Å²) in [6.07, 6.45) is -4.37. The standard InChI is InChI=1S/C12H9F3N4OS/c1-6-16-10(19-20-6)5-21-11-17-8-3-2-7(12(13,14)15)4-9(8)18-11/h2-4H,5H2,1H3,(H,17,18). The number of aromatic nitrogens is 4. The maximum absolute atomic E-state index is 12.6. The summed E-state index contributed by atoms with van der Waals surface area (Å²) in [5.74, 6) is 1.39. The first-order chi connectivity index (χ1) is 9.91. The van der Waals surface area contributed by atoms with Crippen molar-refractivity contribution in [1.82, 2.24) is 20.1 Å². The second-order valence-electron chi connectivity index (χ2n) is 4.29. The van der Waals surface area contributed by atoms with E-state index in [4.69, 9.17) is 4.52 Å². The van der Waals surface area contributed by atoms with Crippen LogP contribution in [0.4, 0.5) is 13.2 Å². The second kappa shape index (κ2) is 5.06. The van der Waals surface area contributed by atoms with Crippen LogP contribution in [-0.2, 0) is 11.9 Å². The van der Waals surface area contributed by atoms with Crippen molar-refractivity contribution in [2.24, 2.45) is 0 Å². The van der Waals surface area contributed by atoms with E-state index in [0.717, 1.165) is 12.1 Å². The molecule has 0 aliphatic rings. The van der Waals surface area contributed by atoms with Crippen LogP contribution in [0.3, 0.4) is 0 Å². The lowest BCUT2D eigenvalue weighted by molar-refractivity contribution is -0.137. The molecule has 0 radical (unpaired) electrons. The van der Waals surface area contributed by atoms with E-state index < -0.39 is 11.7 Å². The van der Waals surface area contributed by atoms with Crippen LogP contribution in [0.25, 0.3) is 11.0 Å². The Morgan fingerprint density at radius 1 is 1.29 bits per heavy atom. The average Bonchev–Trinajstić information content (AvgIpc) is 2.99. The number of rotatable bonds is 3. The predicted octanol–water partition coefficient (Wildman–Crippen LogP) is 3.57. The van der Waals surface area contributed by atoms with Gasteiger partial charge in [-0.15, -0.1) is 0 Å². The summed E-state index contributed by atoms with van der Waals surface area (Å²) in [6.45, 7) is 1.68. The quantitative estimate of drug-likeness (QED) is 0.749. The second-order valence-corrected chi connectivity index (χ2v) is 5.25. The number of alkyl halides is 3. The van der Waals surface area contributed by atoms with E-state index in [1.165, 1.54) is 17.8 Å². The van der Waals surface area contributed by atoms with E-state index in [1.807, 2.05) is 0 Å². The van der Waals surface area contributed by atoms with Gasteiger partial charge in [0.2, 0.25) is 5.89 Å². The van der Waals surface area contributed by atoms with Crippen molar-refractivity contribution in [2.45, 2.75) is 24.0 Å². The number of nitrogens with one attached hydrogen (secondary N) is 1. The Kier molecular flexibility index (Phi) is 3.36. The zero-order chi connectivity index (χ0) is 15.0. The van der Waals surface area contributed by atoms with Gasteiger partial charge in [0.05, 0.1) is 22.3 Å². The van der Waals surface area contributed by atoms with E-state index in [-0.39, 0.29) is 0 Å². The van der Waals surface area contributed by atoms with Crippen LogP contribution in [0.2, 0.25) is 0 Å². The lowest BCUT2D eigenvalue weighted by Crippen LogP contribution is -2.04. The smallest absolute Gasteiger partial charge is 0.340 e. The highest BCUT2D eigenvalue weighted by Gasteiger charge is 2.30. The molecular weight excluding hydrogens is 305 g/mol. The van der Waals surface area contributed by atoms with Crippen LogP contribution in [0.5, 0.6) is 0 Å². The molecule has 0 aliphatic heterocycles. The van der Waals surface area contributed by atoms with Gasteiger partial charge in [-0.2, -0.15) is 18.2 Å². The molecule has 0 saturated heterocycles. The summed E-state index contributed by atoms with van der Waals surface area (Å²) >= 11 is 1.29. The van der Waals surface area contributed by atoms with Crippen molar-refractivity contribution < 1.29 is 17.7 Å². The van der Waals surface area contributed by atoms with Crippen molar-refractivity contribution in [1.29, 1.82) is 0 Å². The van der Waals surface area contributed by atoms with Crippen molar-refractivity contribution in [3.05, 3.63) is 35.5 Å². The molecule has 1 N–H and O–H groups in total. The predicted molar refractivity (Wildman–Crippen MR) is 69.7 cm³/mol. The molecule has 21 heavy (non-hydrogen) atoms. The third kappa shape index (κ3) is 3.02. The number of aromatic amines is 1. The molecule has 2 aromatic heterocycles. The highest BCUT2D eigenvalue weighted by Crippen LogP contribution is 2.31. The number of aryl methyl sites for hydroxylation is 1. The van der Waals surface area contributed by atoms with Gasteiger partial charge in [-0.25, -0.2) is 4.98 Å². The summed E-state index contributed by atoms with van der Waals surface area (Å²) in [5, 5.41) is 4.24. The van der Waals surface area contributed by atoms with Crippen molar-refractivity contribution in [3.8, 4) is 0 Å². The molecule has 0 spiro atoms. The van der Waals surface area contributed by atoms with E-state index in [1.54, 1.807) is 6.92 Å². The Balaban J connectivity index is 1.80. The van der Waals surface area contributed by atoms with Gasteiger partial charge in [0, 0.05) is 6.92 Å². The maximum Gasteiger partial charge on any atom is 0.416 e. The average molecular weight is 314 g/mol. The minimum absolute atomic E-state index is 0.344. The Bertz CT molecular complexity index is 780. The Hall–Kier alpha value is -2.03. The van der Waals surface area contributed by atoms with E-state index in [9.17, 15) is 13.2 Å². The molecule has 0 saturated carbocycles. The number of halogens is 3. The number of H-pyrrole nitrogens is 1. The Morgan fingerprint density at radius 2 is 2.10 bits per heavy atom. The zero-order valence-electron chi connectivity index (χ0n) is 10.7. The molecule has 110 valence electrons. The number of hydrogen-bond acceptors (Lipinski definition) is 5. The monoisotopic (exact) mass is 314 g/mol. The summed E-state index contributed by atoms with van der Waals surface area (Å²) in [5.41, 5.74) is 0.121. The van der Waals surface area contributed by atoms with Gasteiger partial charge >= 0.3 is 6.18 Å². The van der Waals surface area contributed by atoms with Gasteiger partial charge in [-0.1, -0.05) is 16.9 Å². The molecule has 0 fully saturated rings. The lowest BCUT2D eigenvalue weighted by Gasteiger charge is -2.05. The summed E-state index contributed by atoms with van der Waals surface area (Å²) < 4.78 is 42.7. The number of imidazole rings is 1. The first kappa shape index (κ1) is 13.9. The van der Waals surface area contributed by atoms with Gasteiger partial charge < -0.3 is 9.51 Å². The van der Waals surface area contributed by atoms with Gasteiger partial charge in [0.25, 0.3) is 0 Å². The van der Waals surface area contributed by atoms with Crippen LogP contribution in [-0.4, -0.2) is 20.1 Å². The van der Waals surface area contributed by atoms with Crippen molar-refractivity contribution in [2.75, 3.05) is 0 Å². The molecule has 3 aromatic rings. The highest BCUT2D eigenvalue weighted by molar-refractivity contribution is 7.98. The molecule has 2 heterocycles. The molecule has 0 amide bonds. The number of thioether (sulfide) groups is 1. The van der Waals surface area contributed by atoms with Crippen LogP contribution >= 0.6 is 11.8 Å². The van der Waals surface area contributed by atoms with Gasteiger partial charge in [0.15, 0.2) is 11.0 Å². The van der Waals surface area contributed by atoms with Crippen molar-refractivity contribution in [3.63, 3.8) is 0 Å². The van der Waals surface area contributed by atoms with Crippen LogP contribution in [0.15, 0.2) is 27.9 Å². The van der Waals surface area contributed by atoms with Crippen LogP contribution in [0.1, 0.15) is 17.3 Å². The molecule has 5 nitrogen and oxygen atoms in total. The number of hydrogen-bond donors (Lipinski definition) is 1. The molecule has 1 aromatic carbocycles. The lowest BCUT2D eigenvalue weighted by atomic mass is 10.2. The molecule has 0 atom stereocenters. The third-order valence-electron chi connectivity index (χ3n) is 2.70.